The predicted octanol–water partition coefficient (Wildman–Crippen LogP) is 2.70. The third-order valence-electron chi connectivity index (χ3n) is 3.31. The second-order valence-electron chi connectivity index (χ2n) is 4.75. The molecule has 6 heteroatoms. The van der Waals surface area contributed by atoms with Crippen LogP contribution in [0.3, 0.4) is 0 Å². The number of rotatable bonds is 5. The van der Waals surface area contributed by atoms with Crippen molar-refractivity contribution in [3.8, 4) is 11.4 Å². The van der Waals surface area contributed by atoms with Gasteiger partial charge in [-0.15, -0.1) is 10.2 Å². The zero-order chi connectivity index (χ0) is 13.9. The number of benzene rings is 1. The smallest absolute Gasteiger partial charge is 0.234 e. The van der Waals surface area contributed by atoms with Gasteiger partial charge in [0.05, 0.1) is 0 Å². The molecule has 2 heterocycles. The Balaban J connectivity index is 2.03. The Morgan fingerprint density at radius 2 is 2.05 bits per heavy atom. The predicted molar refractivity (Wildman–Crippen MR) is 80.8 cm³/mol. The normalized spacial score (nSPS) is 12.9. The molecule has 0 aliphatic carbocycles. The third-order valence-corrected chi connectivity index (χ3v) is 4.37. The van der Waals surface area contributed by atoms with Crippen molar-refractivity contribution >= 4 is 16.3 Å². The molecule has 0 saturated carbocycles. The van der Waals surface area contributed by atoms with E-state index >= 15 is 0 Å². The van der Waals surface area contributed by atoms with E-state index in [0.717, 1.165) is 34.2 Å². The van der Waals surface area contributed by atoms with Crippen LogP contribution in [-0.2, 0) is 0 Å². The topological polar surface area (TPSA) is 69.1 Å². The molecule has 0 amide bonds. The Morgan fingerprint density at radius 1 is 1.25 bits per heavy atom. The van der Waals surface area contributed by atoms with Gasteiger partial charge in [-0.25, -0.2) is 0 Å². The van der Waals surface area contributed by atoms with Crippen molar-refractivity contribution < 1.29 is 0 Å². The zero-order valence-corrected chi connectivity index (χ0v) is 12.2. The van der Waals surface area contributed by atoms with E-state index in [9.17, 15) is 0 Å². The summed E-state index contributed by atoms with van der Waals surface area (Å²) in [5.74, 6) is 1.10. The van der Waals surface area contributed by atoms with Crippen LogP contribution in [0, 0.1) is 0 Å². The molecule has 0 radical (unpaired) electrons. The largest absolute Gasteiger partial charge is 0.330 e. The standard InChI is InChI=1S/C14H17N5S/c1-2-6-11(9-15)13-18-19-12(16-17-14(19)20-13)10-7-4-3-5-8-10/h3-5,7-8,11H,2,6,9,15H2,1H3. The lowest BCUT2D eigenvalue weighted by Crippen LogP contribution is -2.12. The van der Waals surface area contributed by atoms with Crippen LogP contribution in [-0.4, -0.2) is 26.4 Å². The Labute approximate surface area is 121 Å². The number of hydrogen-bond donors (Lipinski definition) is 1. The van der Waals surface area contributed by atoms with E-state index in [4.69, 9.17) is 5.73 Å². The molecule has 1 unspecified atom stereocenters. The minimum atomic E-state index is 0.315. The number of nitrogens with two attached hydrogens (primary N) is 1. The molecule has 0 fully saturated rings. The second-order valence-corrected chi connectivity index (χ2v) is 5.73. The summed E-state index contributed by atoms with van der Waals surface area (Å²) in [4.78, 5) is 0.827. The summed E-state index contributed by atoms with van der Waals surface area (Å²) >= 11 is 1.58. The monoisotopic (exact) mass is 287 g/mol. The van der Waals surface area contributed by atoms with Gasteiger partial charge in [-0.2, -0.15) is 9.61 Å². The Bertz CT molecular complexity index is 688. The fourth-order valence-electron chi connectivity index (χ4n) is 2.25. The van der Waals surface area contributed by atoms with Gasteiger partial charge in [0.2, 0.25) is 4.96 Å². The maximum absolute atomic E-state index is 5.85. The molecule has 3 rings (SSSR count). The molecule has 0 aliphatic heterocycles. The average Bonchev–Trinajstić information content (AvgIpc) is 3.05. The van der Waals surface area contributed by atoms with Gasteiger partial charge in [-0.05, 0) is 6.42 Å². The van der Waals surface area contributed by atoms with Gasteiger partial charge in [-0.3, -0.25) is 0 Å². The van der Waals surface area contributed by atoms with Crippen molar-refractivity contribution in [3.63, 3.8) is 0 Å². The molecule has 0 bridgehead atoms. The summed E-state index contributed by atoms with van der Waals surface area (Å²) in [7, 11) is 0. The molecule has 0 aliphatic rings. The Morgan fingerprint density at radius 3 is 2.75 bits per heavy atom. The zero-order valence-electron chi connectivity index (χ0n) is 11.4. The van der Waals surface area contributed by atoms with Gasteiger partial charge in [0.15, 0.2) is 5.82 Å². The van der Waals surface area contributed by atoms with Gasteiger partial charge in [0.1, 0.15) is 5.01 Å². The first-order valence-electron chi connectivity index (χ1n) is 6.81. The Kier molecular flexibility index (Phi) is 3.75. The highest BCUT2D eigenvalue weighted by Crippen LogP contribution is 2.27. The van der Waals surface area contributed by atoms with Gasteiger partial charge < -0.3 is 5.73 Å². The fourth-order valence-corrected chi connectivity index (χ4v) is 3.24. The molecule has 1 aromatic carbocycles. The summed E-state index contributed by atoms with van der Waals surface area (Å²) in [5.41, 5.74) is 6.88. The van der Waals surface area contributed by atoms with Crippen molar-refractivity contribution in [1.29, 1.82) is 0 Å². The van der Waals surface area contributed by atoms with Crippen LogP contribution in [0.4, 0.5) is 0 Å². The van der Waals surface area contributed by atoms with Crippen LogP contribution in [0.2, 0.25) is 0 Å². The lowest BCUT2D eigenvalue weighted by Gasteiger charge is -2.08. The van der Waals surface area contributed by atoms with E-state index < -0.39 is 0 Å². The van der Waals surface area contributed by atoms with E-state index in [-0.39, 0.29) is 0 Å². The summed E-state index contributed by atoms with van der Waals surface area (Å²) in [6, 6.07) is 10.00. The maximum Gasteiger partial charge on any atom is 0.234 e. The quantitative estimate of drug-likeness (QED) is 0.783. The minimum absolute atomic E-state index is 0.315. The Hall–Kier alpha value is -1.79. The van der Waals surface area contributed by atoms with Crippen LogP contribution in [0.15, 0.2) is 30.3 Å². The highest BCUT2D eigenvalue weighted by atomic mass is 32.1. The number of nitrogens with zero attached hydrogens (tertiary/aromatic N) is 4. The van der Waals surface area contributed by atoms with E-state index in [1.165, 1.54) is 0 Å². The van der Waals surface area contributed by atoms with Crippen molar-refractivity contribution in [2.24, 2.45) is 5.73 Å². The van der Waals surface area contributed by atoms with E-state index in [1.54, 1.807) is 11.3 Å². The first-order valence-corrected chi connectivity index (χ1v) is 7.62. The van der Waals surface area contributed by atoms with E-state index in [0.29, 0.717) is 12.5 Å². The summed E-state index contributed by atoms with van der Waals surface area (Å²) < 4.78 is 1.83. The SMILES string of the molecule is CCCC(CN)c1nn2c(-c3ccccc3)nnc2s1. The van der Waals surface area contributed by atoms with Crippen LogP contribution in [0.25, 0.3) is 16.3 Å². The number of hydrogen-bond acceptors (Lipinski definition) is 5. The minimum Gasteiger partial charge on any atom is -0.330 e. The van der Waals surface area contributed by atoms with Crippen molar-refractivity contribution in [2.45, 2.75) is 25.7 Å². The lowest BCUT2D eigenvalue weighted by atomic mass is 10.1. The first-order chi connectivity index (χ1) is 9.83. The van der Waals surface area contributed by atoms with Gasteiger partial charge in [-0.1, -0.05) is 55.0 Å². The average molecular weight is 287 g/mol. The maximum atomic E-state index is 5.85. The molecular formula is C14H17N5S. The van der Waals surface area contributed by atoms with Crippen molar-refractivity contribution in [3.05, 3.63) is 35.3 Å². The molecule has 2 N–H and O–H groups in total. The van der Waals surface area contributed by atoms with Crippen molar-refractivity contribution in [2.75, 3.05) is 6.54 Å². The first kappa shape index (κ1) is 13.2. The fraction of sp³-hybridized carbons (Fsp3) is 0.357. The van der Waals surface area contributed by atoms with E-state index in [1.807, 2.05) is 34.8 Å². The van der Waals surface area contributed by atoms with Gasteiger partial charge in [0.25, 0.3) is 0 Å². The second kappa shape index (κ2) is 5.68. The van der Waals surface area contributed by atoms with Crippen molar-refractivity contribution in [1.82, 2.24) is 19.8 Å². The van der Waals surface area contributed by atoms with Gasteiger partial charge >= 0.3 is 0 Å². The highest BCUT2D eigenvalue weighted by Gasteiger charge is 2.18. The molecule has 20 heavy (non-hydrogen) atoms. The molecule has 0 saturated heterocycles. The summed E-state index contributed by atoms with van der Waals surface area (Å²) in [6.45, 7) is 2.79. The molecule has 2 aromatic heterocycles. The van der Waals surface area contributed by atoms with Crippen LogP contribution in [0.1, 0.15) is 30.7 Å². The third kappa shape index (κ3) is 2.32. The lowest BCUT2D eigenvalue weighted by molar-refractivity contribution is 0.610. The highest BCUT2D eigenvalue weighted by molar-refractivity contribution is 7.16. The van der Waals surface area contributed by atoms with Gasteiger partial charge in [0, 0.05) is 18.0 Å². The molecule has 1 atom stereocenters. The summed E-state index contributed by atoms with van der Waals surface area (Å²) in [5, 5.41) is 14.2. The number of aromatic nitrogens is 4. The van der Waals surface area contributed by atoms with E-state index in [2.05, 4.69) is 22.2 Å². The van der Waals surface area contributed by atoms with Crippen LogP contribution >= 0.6 is 11.3 Å². The molecular weight excluding hydrogens is 270 g/mol. The number of fused-ring (bicyclic) bond motifs is 1. The molecule has 104 valence electrons. The summed E-state index contributed by atoms with van der Waals surface area (Å²) in [6.07, 6.45) is 2.16. The molecule has 0 spiro atoms. The van der Waals surface area contributed by atoms with Crippen LogP contribution < -0.4 is 5.73 Å². The molecule has 5 nitrogen and oxygen atoms in total. The van der Waals surface area contributed by atoms with Crippen LogP contribution in [0.5, 0.6) is 0 Å². The molecule has 3 aromatic rings.